The van der Waals surface area contributed by atoms with Crippen LogP contribution in [-0.2, 0) is 24.5 Å². The summed E-state index contributed by atoms with van der Waals surface area (Å²) in [6, 6.07) is 16.6. The number of ether oxygens (including phenoxy) is 2. The summed E-state index contributed by atoms with van der Waals surface area (Å²) in [7, 11) is 0. The Morgan fingerprint density at radius 3 is 1.43 bits per heavy atom. The van der Waals surface area contributed by atoms with Crippen LogP contribution in [0.1, 0.15) is 90.2 Å². The number of unbranched alkanes of at least 4 members (excludes halogenated alkanes) is 2. The Bertz CT molecular complexity index is 900. The Kier molecular flexibility index (Phi) is 9.94. The largest absolute Gasteiger partial charge is 0.465 e. The van der Waals surface area contributed by atoms with E-state index in [4.69, 9.17) is 9.47 Å². The van der Waals surface area contributed by atoms with Gasteiger partial charge in [-0.25, -0.2) is 0 Å². The van der Waals surface area contributed by atoms with E-state index in [1.165, 1.54) is 0 Å². The number of fused-ring (bicyclic) bond motifs is 3. The van der Waals surface area contributed by atoms with Crippen LogP contribution in [0, 0.1) is 11.8 Å². The standard InChI is InChI=1S/C31H42O4/c1-5-9-17-27(29(32)34-21-7-3)31(28(18-10-6-2)30(33)35-22-8-4)25-19-13-11-15-23(25)24-16-12-14-20-26(24)31/h11-16,19-20,27-28H,5-10,17-18,21-22H2,1-4H3. The molecular weight excluding hydrogens is 436 g/mol. The van der Waals surface area contributed by atoms with E-state index in [1.807, 2.05) is 38.1 Å². The highest BCUT2D eigenvalue weighted by Crippen LogP contribution is 2.59. The molecule has 2 unspecified atom stereocenters. The molecule has 2 atom stereocenters. The minimum atomic E-state index is -0.812. The lowest BCUT2D eigenvalue weighted by Crippen LogP contribution is -2.49. The first-order valence-corrected chi connectivity index (χ1v) is 13.6. The molecule has 0 aliphatic heterocycles. The van der Waals surface area contributed by atoms with Crippen molar-refractivity contribution in [2.45, 2.75) is 84.5 Å². The number of esters is 2. The summed E-state index contributed by atoms with van der Waals surface area (Å²) in [5, 5.41) is 0. The number of benzene rings is 2. The molecular formula is C31H42O4. The predicted molar refractivity (Wildman–Crippen MR) is 141 cm³/mol. The molecule has 0 saturated carbocycles. The highest BCUT2D eigenvalue weighted by molar-refractivity contribution is 5.90. The summed E-state index contributed by atoms with van der Waals surface area (Å²) < 4.78 is 11.7. The molecule has 0 bridgehead atoms. The molecule has 190 valence electrons. The Morgan fingerprint density at radius 1 is 0.657 bits per heavy atom. The summed E-state index contributed by atoms with van der Waals surface area (Å²) in [5.41, 5.74) is 3.53. The van der Waals surface area contributed by atoms with Crippen LogP contribution in [0.5, 0.6) is 0 Å². The molecule has 2 aromatic rings. The Morgan fingerprint density at radius 2 is 1.06 bits per heavy atom. The fourth-order valence-electron chi connectivity index (χ4n) is 5.78. The van der Waals surface area contributed by atoms with Gasteiger partial charge in [-0.2, -0.15) is 0 Å². The first kappa shape index (κ1) is 27.0. The molecule has 1 aliphatic carbocycles. The molecule has 3 rings (SSSR count). The molecule has 0 aromatic heterocycles. The van der Waals surface area contributed by atoms with E-state index in [1.54, 1.807) is 0 Å². The van der Waals surface area contributed by atoms with Gasteiger partial charge in [-0.3, -0.25) is 9.59 Å². The molecule has 4 nitrogen and oxygen atoms in total. The molecule has 4 heteroatoms. The van der Waals surface area contributed by atoms with E-state index in [0.717, 1.165) is 60.8 Å². The van der Waals surface area contributed by atoms with Crippen LogP contribution in [0.25, 0.3) is 11.1 Å². The van der Waals surface area contributed by atoms with Crippen molar-refractivity contribution in [2.75, 3.05) is 13.2 Å². The van der Waals surface area contributed by atoms with Crippen LogP contribution < -0.4 is 0 Å². The minimum absolute atomic E-state index is 0.198. The second-order valence-electron chi connectivity index (χ2n) is 9.68. The van der Waals surface area contributed by atoms with Crippen LogP contribution in [0.3, 0.4) is 0 Å². The summed E-state index contributed by atoms with van der Waals surface area (Å²) in [6.45, 7) is 9.08. The summed E-state index contributed by atoms with van der Waals surface area (Å²) in [4.78, 5) is 27.7. The third-order valence-corrected chi connectivity index (χ3v) is 7.29. The first-order valence-electron chi connectivity index (χ1n) is 13.6. The molecule has 35 heavy (non-hydrogen) atoms. The van der Waals surface area contributed by atoms with E-state index >= 15 is 0 Å². The number of carbonyl (C=O) groups is 2. The third kappa shape index (κ3) is 5.32. The van der Waals surface area contributed by atoms with Gasteiger partial charge in [0.05, 0.1) is 25.0 Å². The number of hydrogen-bond donors (Lipinski definition) is 0. The number of hydrogen-bond acceptors (Lipinski definition) is 4. The van der Waals surface area contributed by atoms with Crippen molar-refractivity contribution in [1.82, 2.24) is 0 Å². The van der Waals surface area contributed by atoms with Gasteiger partial charge in [-0.05, 0) is 47.9 Å². The summed E-state index contributed by atoms with van der Waals surface area (Å²) in [5.74, 6) is -1.32. The number of carbonyl (C=O) groups excluding carboxylic acids is 2. The SMILES string of the molecule is CCCCC(C(=O)OCCC)C1(C(CCCC)C(=O)OCCC)c2ccccc2-c2ccccc21. The third-order valence-electron chi connectivity index (χ3n) is 7.29. The maximum atomic E-state index is 13.9. The van der Waals surface area contributed by atoms with E-state index in [0.29, 0.717) is 26.1 Å². The van der Waals surface area contributed by atoms with Gasteiger partial charge in [-0.15, -0.1) is 0 Å². The fraction of sp³-hybridized carbons (Fsp3) is 0.548. The Hall–Kier alpha value is -2.62. The highest BCUT2D eigenvalue weighted by Gasteiger charge is 2.58. The zero-order valence-electron chi connectivity index (χ0n) is 22.0. The van der Waals surface area contributed by atoms with Crippen molar-refractivity contribution in [1.29, 1.82) is 0 Å². The lowest BCUT2D eigenvalue weighted by atomic mass is 9.58. The monoisotopic (exact) mass is 478 g/mol. The smallest absolute Gasteiger partial charge is 0.310 e. The van der Waals surface area contributed by atoms with Gasteiger partial charge in [0.15, 0.2) is 0 Å². The first-order chi connectivity index (χ1) is 17.1. The lowest BCUT2D eigenvalue weighted by molar-refractivity contribution is -0.158. The van der Waals surface area contributed by atoms with Crippen LogP contribution in [0.4, 0.5) is 0 Å². The van der Waals surface area contributed by atoms with Crippen molar-refractivity contribution < 1.29 is 19.1 Å². The molecule has 2 aromatic carbocycles. The summed E-state index contributed by atoms with van der Waals surface area (Å²) >= 11 is 0. The van der Waals surface area contributed by atoms with Crippen molar-refractivity contribution in [3.05, 3.63) is 59.7 Å². The van der Waals surface area contributed by atoms with Gasteiger partial charge in [0, 0.05) is 5.41 Å². The average Bonchev–Trinajstić information content (AvgIpc) is 3.18. The second kappa shape index (κ2) is 12.9. The Balaban J connectivity index is 2.33. The van der Waals surface area contributed by atoms with Gasteiger partial charge >= 0.3 is 11.9 Å². The van der Waals surface area contributed by atoms with E-state index in [-0.39, 0.29) is 11.9 Å². The van der Waals surface area contributed by atoms with E-state index in [9.17, 15) is 9.59 Å². The predicted octanol–water partition coefficient (Wildman–Crippen LogP) is 7.47. The number of rotatable bonds is 14. The normalized spacial score (nSPS) is 15.1. The van der Waals surface area contributed by atoms with Crippen LogP contribution >= 0.6 is 0 Å². The van der Waals surface area contributed by atoms with Crippen molar-refractivity contribution in [2.24, 2.45) is 11.8 Å². The fourth-order valence-corrected chi connectivity index (χ4v) is 5.78. The molecule has 0 heterocycles. The van der Waals surface area contributed by atoms with Crippen molar-refractivity contribution in [3.8, 4) is 11.1 Å². The van der Waals surface area contributed by atoms with Crippen molar-refractivity contribution in [3.63, 3.8) is 0 Å². The maximum absolute atomic E-state index is 13.9. The molecule has 0 N–H and O–H groups in total. The zero-order chi connectivity index (χ0) is 25.3. The van der Waals surface area contributed by atoms with Crippen molar-refractivity contribution >= 4 is 11.9 Å². The quantitative estimate of drug-likeness (QED) is 0.264. The summed E-state index contributed by atoms with van der Waals surface area (Å²) in [6.07, 6.45) is 6.60. The van der Waals surface area contributed by atoms with Crippen LogP contribution in [0.2, 0.25) is 0 Å². The lowest BCUT2D eigenvalue weighted by Gasteiger charge is -2.43. The van der Waals surface area contributed by atoms with Gasteiger partial charge in [0.25, 0.3) is 0 Å². The maximum Gasteiger partial charge on any atom is 0.310 e. The average molecular weight is 479 g/mol. The Labute approximate surface area is 211 Å². The molecule has 0 radical (unpaired) electrons. The molecule has 0 fully saturated rings. The van der Waals surface area contributed by atoms with Gasteiger partial charge in [0.2, 0.25) is 0 Å². The zero-order valence-corrected chi connectivity index (χ0v) is 22.0. The molecule has 1 aliphatic rings. The van der Waals surface area contributed by atoms with Crippen LogP contribution in [0.15, 0.2) is 48.5 Å². The van der Waals surface area contributed by atoms with Crippen LogP contribution in [-0.4, -0.2) is 25.2 Å². The molecule has 0 spiro atoms. The topological polar surface area (TPSA) is 52.6 Å². The highest BCUT2D eigenvalue weighted by atomic mass is 16.5. The van der Waals surface area contributed by atoms with E-state index in [2.05, 4.69) is 38.1 Å². The van der Waals surface area contributed by atoms with Gasteiger partial charge in [0.1, 0.15) is 0 Å². The van der Waals surface area contributed by atoms with Gasteiger partial charge in [-0.1, -0.05) is 102 Å². The van der Waals surface area contributed by atoms with E-state index < -0.39 is 17.3 Å². The molecule has 0 amide bonds. The minimum Gasteiger partial charge on any atom is -0.465 e. The van der Waals surface area contributed by atoms with Gasteiger partial charge < -0.3 is 9.47 Å². The molecule has 0 saturated heterocycles. The second-order valence-corrected chi connectivity index (χ2v) is 9.68.